The highest BCUT2D eigenvalue weighted by Crippen LogP contribution is 2.13. The van der Waals surface area contributed by atoms with Crippen LogP contribution in [-0.2, 0) is 4.74 Å². The monoisotopic (exact) mass is 427 g/mol. The summed E-state index contributed by atoms with van der Waals surface area (Å²) in [4.78, 5) is 0. The normalized spacial score (nSPS) is 13.6. The van der Waals surface area contributed by atoms with Crippen LogP contribution in [0.25, 0.3) is 0 Å². The van der Waals surface area contributed by atoms with Crippen molar-refractivity contribution in [3.05, 3.63) is 0 Å². The van der Waals surface area contributed by atoms with Gasteiger partial charge in [0.05, 0.1) is 12.7 Å². The minimum absolute atomic E-state index is 0.133. The van der Waals surface area contributed by atoms with Crippen LogP contribution in [0.5, 0.6) is 0 Å². The number of aliphatic hydroxyl groups is 1. The second kappa shape index (κ2) is 25.1. The lowest BCUT2D eigenvalue weighted by molar-refractivity contribution is 0.0203. The average molecular weight is 428 g/mol. The molecular weight excluding hydrogens is 370 g/mol. The molecule has 30 heavy (non-hydrogen) atoms. The highest BCUT2D eigenvalue weighted by molar-refractivity contribution is 4.71. The number of hydrogen-bond donors (Lipinski definition) is 2. The van der Waals surface area contributed by atoms with Crippen molar-refractivity contribution in [1.82, 2.24) is 0 Å². The van der Waals surface area contributed by atoms with E-state index in [0.717, 1.165) is 25.9 Å². The topological polar surface area (TPSA) is 55.5 Å². The minimum atomic E-state index is -0.508. The summed E-state index contributed by atoms with van der Waals surface area (Å²) < 4.78 is 5.66. The van der Waals surface area contributed by atoms with Crippen LogP contribution in [0, 0.1) is 0 Å². The number of aliphatic hydroxyl groups excluding tert-OH is 1. The molecule has 0 bridgehead atoms. The maximum Gasteiger partial charge on any atom is 0.0924 e. The van der Waals surface area contributed by atoms with Crippen LogP contribution in [0.1, 0.15) is 149 Å². The van der Waals surface area contributed by atoms with Gasteiger partial charge in [0.25, 0.3) is 0 Å². The zero-order valence-electron chi connectivity index (χ0n) is 20.9. The lowest BCUT2D eigenvalue weighted by Gasteiger charge is -2.18. The summed E-state index contributed by atoms with van der Waals surface area (Å²) in [5.74, 6) is 0. The van der Waals surface area contributed by atoms with E-state index < -0.39 is 6.10 Å². The molecule has 3 N–H and O–H groups in total. The Balaban J connectivity index is 3.29. The number of nitrogens with two attached hydrogens (primary N) is 1. The maximum atomic E-state index is 10.2. The van der Waals surface area contributed by atoms with Gasteiger partial charge in [-0.05, 0) is 12.8 Å². The van der Waals surface area contributed by atoms with Gasteiger partial charge in [-0.15, -0.1) is 0 Å². The smallest absolute Gasteiger partial charge is 0.0924 e. The van der Waals surface area contributed by atoms with Gasteiger partial charge in [0.15, 0.2) is 0 Å². The first-order chi connectivity index (χ1) is 14.7. The fraction of sp³-hybridized carbons (Fsp3) is 1.00. The zero-order valence-corrected chi connectivity index (χ0v) is 20.9. The summed E-state index contributed by atoms with van der Waals surface area (Å²) >= 11 is 0. The molecular formula is C27H57NO2. The van der Waals surface area contributed by atoms with Gasteiger partial charge in [-0.1, -0.05) is 136 Å². The summed E-state index contributed by atoms with van der Waals surface area (Å²) in [7, 11) is 0. The van der Waals surface area contributed by atoms with Crippen LogP contribution in [0.2, 0.25) is 0 Å². The second-order valence-electron chi connectivity index (χ2n) is 9.46. The average Bonchev–Trinajstić information content (AvgIpc) is 2.75. The van der Waals surface area contributed by atoms with E-state index in [-0.39, 0.29) is 6.04 Å². The molecule has 0 amide bonds. The lowest BCUT2D eigenvalue weighted by Crippen LogP contribution is -2.38. The predicted molar refractivity (Wildman–Crippen MR) is 133 cm³/mol. The second-order valence-corrected chi connectivity index (χ2v) is 9.46. The van der Waals surface area contributed by atoms with Crippen molar-refractivity contribution < 1.29 is 9.84 Å². The van der Waals surface area contributed by atoms with Gasteiger partial charge in [-0.2, -0.15) is 0 Å². The Labute approximate surface area is 189 Å². The van der Waals surface area contributed by atoms with Crippen LogP contribution in [0.4, 0.5) is 0 Å². The van der Waals surface area contributed by atoms with Gasteiger partial charge in [0, 0.05) is 12.6 Å². The van der Waals surface area contributed by atoms with Gasteiger partial charge >= 0.3 is 0 Å². The van der Waals surface area contributed by atoms with Crippen molar-refractivity contribution in [2.45, 2.75) is 161 Å². The molecule has 2 unspecified atom stereocenters. The first kappa shape index (κ1) is 29.9. The maximum absolute atomic E-state index is 10.2. The molecule has 3 nitrogen and oxygen atoms in total. The van der Waals surface area contributed by atoms with E-state index in [1.165, 1.54) is 116 Å². The SMILES string of the molecule is CCCCCCCCCCCCOCC(O)C(N)CCCCCCCCCCCC. The Hall–Kier alpha value is -0.120. The van der Waals surface area contributed by atoms with Crippen molar-refractivity contribution in [1.29, 1.82) is 0 Å². The molecule has 0 aromatic rings. The third-order valence-corrected chi connectivity index (χ3v) is 6.32. The highest BCUT2D eigenvalue weighted by Gasteiger charge is 2.14. The van der Waals surface area contributed by atoms with Gasteiger partial charge in [-0.3, -0.25) is 0 Å². The van der Waals surface area contributed by atoms with Crippen LogP contribution >= 0.6 is 0 Å². The summed E-state index contributed by atoms with van der Waals surface area (Å²) in [6.45, 7) is 5.70. The van der Waals surface area contributed by atoms with Crippen LogP contribution in [-0.4, -0.2) is 30.5 Å². The van der Waals surface area contributed by atoms with Crippen molar-refractivity contribution in [2.75, 3.05) is 13.2 Å². The molecule has 0 fully saturated rings. The van der Waals surface area contributed by atoms with Crippen LogP contribution in [0.15, 0.2) is 0 Å². The Bertz CT molecular complexity index is 311. The standard InChI is InChI=1S/C27H57NO2/c1-3-5-7-9-11-13-15-17-19-21-23-26(28)27(29)25-30-24-22-20-18-16-14-12-10-8-6-4-2/h26-27,29H,3-25,28H2,1-2H3. The molecule has 0 aromatic heterocycles. The Morgan fingerprint density at radius 3 is 1.37 bits per heavy atom. The molecule has 0 aliphatic heterocycles. The van der Waals surface area contributed by atoms with Crippen molar-refractivity contribution in [3.63, 3.8) is 0 Å². The molecule has 0 spiro atoms. The van der Waals surface area contributed by atoms with Gasteiger partial charge in [0.1, 0.15) is 0 Å². The molecule has 0 aliphatic rings. The Morgan fingerprint density at radius 1 is 0.567 bits per heavy atom. The first-order valence-corrected chi connectivity index (χ1v) is 13.7. The summed E-state index contributed by atoms with van der Waals surface area (Å²) in [6.07, 6.45) is 27.1. The third kappa shape index (κ3) is 22.6. The van der Waals surface area contributed by atoms with E-state index in [4.69, 9.17) is 10.5 Å². The predicted octanol–water partition coefficient (Wildman–Crippen LogP) is 7.92. The van der Waals surface area contributed by atoms with Crippen molar-refractivity contribution >= 4 is 0 Å². The number of unbranched alkanes of at least 4 members (excludes halogenated alkanes) is 18. The van der Waals surface area contributed by atoms with E-state index in [1.807, 2.05) is 0 Å². The quantitative estimate of drug-likeness (QED) is 0.145. The fourth-order valence-electron chi connectivity index (χ4n) is 4.08. The van der Waals surface area contributed by atoms with E-state index in [9.17, 15) is 5.11 Å². The largest absolute Gasteiger partial charge is 0.389 e. The number of ether oxygens (including phenoxy) is 1. The lowest BCUT2D eigenvalue weighted by atomic mass is 10.0. The molecule has 0 saturated carbocycles. The molecule has 3 heteroatoms. The Morgan fingerprint density at radius 2 is 0.933 bits per heavy atom. The van der Waals surface area contributed by atoms with Crippen molar-refractivity contribution in [3.8, 4) is 0 Å². The molecule has 0 aromatic carbocycles. The first-order valence-electron chi connectivity index (χ1n) is 13.7. The fourth-order valence-corrected chi connectivity index (χ4v) is 4.08. The summed E-state index contributed by atoms with van der Waals surface area (Å²) in [6, 6.07) is -0.133. The third-order valence-electron chi connectivity index (χ3n) is 6.32. The van der Waals surface area contributed by atoms with E-state index in [1.54, 1.807) is 0 Å². The van der Waals surface area contributed by atoms with Gasteiger partial charge in [0.2, 0.25) is 0 Å². The van der Waals surface area contributed by atoms with E-state index in [0.29, 0.717) is 6.61 Å². The molecule has 0 radical (unpaired) electrons. The molecule has 2 atom stereocenters. The highest BCUT2D eigenvalue weighted by atomic mass is 16.5. The van der Waals surface area contributed by atoms with E-state index in [2.05, 4.69) is 13.8 Å². The molecule has 0 rings (SSSR count). The Kier molecular flexibility index (Phi) is 25.0. The molecule has 182 valence electrons. The molecule has 0 aliphatic carbocycles. The number of hydrogen-bond acceptors (Lipinski definition) is 3. The number of rotatable bonds is 25. The van der Waals surface area contributed by atoms with Crippen LogP contribution < -0.4 is 5.73 Å². The molecule has 0 saturated heterocycles. The van der Waals surface area contributed by atoms with Gasteiger partial charge < -0.3 is 15.6 Å². The zero-order chi connectivity index (χ0) is 22.1. The van der Waals surface area contributed by atoms with E-state index >= 15 is 0 Å². The van der Waals surface area contributed by atoms with Gasteiger partial charge in [-0.25, -0.2) is 0 Å². The minimum Gasteiger partial charge on any atom is -0.389 e. The molecule has 0 heterocycles. The van der Waals surface area contributed by atoms with Crippen LogP contribution in [0.3, 0.4) is 0 Å². The van der Waals surface area contributed by atoms with Crippen molar-refractivity contribution in [2.24, 2.45) is 5.73 Å². The summed E-state index contributed by atoms with van der Waals surface area (Å²) in [5, 5.41) is 10.2. The summed E-state index contributed by atoms with van der Waals surface area (Å²) in [5.41, 5.74) is 6.14.